The van der Waals surface area contributed by atoms with E-state index in [9.17, 15) is 18.1 Å². The predicted octanol–water partition coefficient (Wildman–Crippen LogP) is 1.32. The minimum absolute atomic E-state index is 0. The van der Waals surface area contributed by atoms with Crippen LogP contribution in [0.15, 0.2) is 47.4 Å². The Morgan fingerprint density at radius 3 is 2.27 bits per heavy atom. The van der Waals surface area contributed by atoms with Gasteiger partial charge in [0.15, 0.2) is 0 Å². The summed E-state index contributed by atoms with van der Waals surface area (Å²) in [5.74, 6) is -0.501. The summed E-state index contributed by atoms with van der Waals surface area (Å²) in [6.07, 6.45) is 5.46. The van der Waals surface area contributed by atoms with E-state index in [-0.39, 0.29) is 35.3 Å². The third-order valence-corrected chi connectivity index (χ3v) is 4.90. The molecule has 2 aromatic carbocycles. The Labute approximate surface area is 177 Å². The molecule has 26 heavy (non-hydrogen) atoms. The maximum atomic E-state index is 12.5. The van der Waals surface area contributed by atoms with Crippen molar-refractivity contribution in [2.75, 3.05) is 0 Å². The molecule has 0 unspecified atom stereocenters. The van der Waals surface area contributed by atoms with Crippen LogP contribution < -0.4 is 39.4 Å². The van der Waals surface area contributed by atoms with E-state index >= 15 is 0 Å². The monoisotopic (exact) mass is 386 g/mol. The second-order valence-corrected chi connectivity index (χ2v) is 7.29. The van der Waals surface area contributed by atoms with E-state index in [1.54, 1.807) is 36.4 Å². The summed E-state index contributed by atoms with van der Waals surface area (Å²) in [5, 5.41) is 12.5. The average Bonchev–Trinajstić information content (AvgIpc) is 2.57. The SMILES string of the molecule is CCCCCCCc1ccc(Oc2ccccc2)c([O-])c1S(=O)(=O)O.[Na+]. The number of hydrogen-bond acceptors (Lipinski definition) is 4. The maximum Gasteiger partial charge on any atom is 1.00 e. The van der Waals surface area contributed by atoms with Crippen LogP contribution in [0.1, 0.15) is 44.6 Å². The summed E-state index contributed by atoms with van der Waals surface area (Å²) in [5.41, 5.74) is 0.337. The van der Waals surface area contributed by atoms with Gasteiger partial charge in [0.2, 0.25) is 0 Å². The van der Waals surface area contributed by atoms with Crippen LogP contribution in [0.5, 0.6) is 17.2 Å². The molecule has 0 amide bonds. The van der Waals surface area contributed by atoms with E-state index in [4.69, 9.17) is 4.74 Å². The summed E-state index contributed by atoms with van der Waals surface area (Å²) < 4.78 is 38.4. The Morgan fingerprint density at radius 1 is 1.00 bits per heavy atom. The van der Waals surface area contributed by atoms with Crippen molar-refractivity contribution >= 4 is 10.1 Å². The Balaban J connectivity index is 0.00000338. The summed E-state index contributed by atoms with van der Waals surface area (Å²) in [7, 11) is -4.62. The van der Waals surface area contributed by atoms with E-state index in [2.05, 4.69) is 6.92 Å². The van der Waals surface area contributed by atoms with Crippen molar-refractivity contribution in [1.29, 1.82) is 0 Å². The van der Waals surface area contributed by atoms with Crippen LogP contribution >= 0.6 is 0 Å². The molecule has 1 N–H and O–H groups in total. The minimum atomic E-state index is -4.62. The molecule has 0 radical (unpaired) electrons. The van der Waals surface area contributed by atoms with E-state index in [1.165, 1.54) is 6.07 Å². The molecule has 0 aliphatic rings. The molecule has 0 bridgehead atoms. The zero-order chi connectivity index (χ0) is 18.3. The molecule has 2 rings (SSSR count). The number of aryl methyl sites for hydroxylation is 1. The van der Waals surface area contributed by atoms with Crippen LogP contribution in [0, 0.1) is 0 Å². The van der Waals surface area contributed by atoms with Gasteiger partial charge in [0.25, 0.3) is 10.1 Å². The summed E-state index contributed by atoms with van der Waals surface area (Å²) in [4.78, 5) is -0.573. The number of hydrogen-bond donors (Lipinski definition) is 1. The first kappa shape index (κ1) is 23.0. The number of rotatable bonds is 9. The van der Waals surface area contributed by atoms with Gasteiger partial charge in [-0.1, -0.05) is 56.9 Å². The zero-order valence-corrected chi connectivity index (χ0v) is 18.1. The van der Waals surface area contributed by atoms with Crippen LogP contribution in [0.3, 0.4) is 0 Å². The first-order chi connectivity index (χ1) is 11.9. The third-order valence-electron chi connectivity index (χ3n) is 3.94. The molecule has 0 aliphatic heterocycles. The predicted molar refractivity (Wildman–Crippen MR) is 94.7 cm³/mol. The standard InChI is InChI=1S/C19H24O5S.Na/c1-2-3-4-5-7-10-15-13-14-17(18(20)19(15)25(21,22)23)24-16-11-8-6-9-12-16;/h6,8-9,11-14,20H,2-5,7,10H2,1H3,(H,21,22,23);/q;+1/p-1. The zero-order valence-electron chi connectivity index (χ0n) is 15.3. The van der Waals surface area contributed by atoms with Crippen molar-refractivity contribution in [3.05, 3.63) is 48.0 Å². The van der Waals surface area contributed by atoms with Crippen molar-refractivity contribution in [3.63, 3.8) is 0 Å². The van der Waals surface area contributed by atoms with E-state index in [0.717, 1.165) is 32.1 Å². The molecule has 0 heterocycles. The van der Waals surface area contributed by atoms with Gasteiger partial charge in [-0.15, -0.1) is 0 Å². The Bertz CT molecular complexity index is 791. The number of benzene rings is 2. The van der Waals surface area contributed by atoms with Crippen molar-refractivity contribution in [1.82, 2.24) is 0 Å². The van der Waals surface area contributed by atoms with Crippen molar-refractivity contribution in [3.8, 4) is 17.2 Å². The molecule has 0 atom stereocenters. The summed E-state index contributed by atoms with van der Waals surface area (Å²) in [6, 6.07) is 11.6. The fourth-order valence-corrected chi connectivity index (χ4v) is 3.52. The smallest absolute Gasteiger partial charge is 0.869 e. The van der Waals surface area contributed by atoms with Crippen molar-refractivity contribution < 1.29 is 52.4 Å². The third kappa shape index (κ3) is 6.59. The maximum absolute atomic E-state index is 12.5. The van der Waals surface area contributed by atoms with Gasteiger partial charge in [-0.2, -0.15) is 8.42 Å². The van der Waals surface area contributed by atoms with E-state index in [0.29, 0.717) is 17.7 Å². The molecule has 0 spiro atoms. The largest absolute Gasteiger partial charge is 1.00 e. The molecule has 5 nitrogen and oxygen atoms in total. The first-order valence-electron chi connectivity index (χ1n) is 8.46. The van der Waals surface area contributed by atoms with Gasteiger partial charge in [0.1, 0.15) is 11.5 Å². The first-order valence-corrected chi connectivity index (χ1v) is 9.90. The van der Waals surface area contributed by atoms with Gasteiger partial charge in [-0.05, 0) is 42.4 Å². The van der Waals surface area contributed by atoms with Gasteiger partial charge >= 0.3 is 29.6 Å². The van der Waals surface area contributed by atoms with Gasteiger partial charge in [0.05, 0.1) is 4.90 Å². The quantitative estimate of drug-likeness (QED) is 0.399. The molecule has 0 saturated carbocycles. The fraction of sp³-hybridized carbons (Fsp3) is 0.368. The Morgan fingerprint density at radius 2 is 1.65 bits per heavy atom. The molecule has 0 saturated heterocycles. The average molecular weight is 386 g/mol. The van der Waals surface area contributed by atoms with Crippen molar-refractivity contribution in [2.24, 2.45) is 0 Å². The molecule has 7 heteroatoms. The summed E-state index contributed by atoms with van der Waals surface area (Å²) in [6.45, 7) is 2.12. The van der Waals surface area contributed by atoms with Crippen LogP contribution in [-0.4, -0.2) is 13.0 Å². The topological polar surface area (TPSA) is 86.7 Å². The molecule has 0 aromatic heterocycles. The minimum Gasteiger partial charge on any atom is -0.869 e. The van der Waals surface area contributed by atoms with Gasteiger partial charge in [0, 0.05) is 0 Å². The van der Waals surface area contributed by atoms with Crippen LogP contribution in [0.25, 0.3) is 0 Å². The number of ether oxygens (including phenoxy) is 1. The second-order valence-electron chi connectivity index (χ2n) is 5.94. The number of unbranched alkanes of at least 4 members (excludes halogenated alkanes) is 4. The van der Waals surface area contributed by atoms with Crippen LogP contribution in [-0.2, 0) is 16.5 Å². The molecular formula is C19H23NaO5S. The van der Waals surface area contributed by atoms with Crippen LogP contribution in [0.2, 0.25) is 0 Å². The fourth-order valence-electron chi connectivity index (χ4n) is 2.68. The molecule has 136 valence electrons. The number of para-hydroxylation sites is 1. The normalized spacial score (nSPS) is 11.0. The second kappa shape index (κ2) is 10.9. The molecule has 0 aliphatic carbocycles. The van der Waals surface area contributed by atoms with Gasteiger partial charge in [-0.3, -0.25) is 4.55 Å². The van der Waals surface area contributed by atoms with Gasteiger partial charge < -0.3 is 9.84 Å². The van der Waals surface area contributed by atoms with Crippen molar-refractivity contribution in [2.45, 2.75) is 50.3 Å². The van der Waals surface area contributed by atoms with Gasteiger partial charge in [-0.25, -0.2) is 0 Å². The molecule has 2 aromatic rings. The Hall–Kier alpha value is -1.05. The van der Waals surface area contributed by atoms with E-state index < -0.39 is 20.8 Å². The molecule has 0 fully saturated rings. The van der Waals surface area contributed by atoms with E-state index in [1.807, 2.05) is 0 Å². The summed E-state index contributed by atoms with van der Waals surface area (Å²) >= 11 is 0. The molecular weight excluding hydrogens is 363 g/mol. The van der Waals surface area contributed by atoms with Crippen LogP contribution in [0.4, 0.5) is 0 Å². The Kier molecular flexibility index (Phi) is 9.68.